The minimum atomic E-state index is -2.37. The molecule has 0 spiro atoms. The first-order valence-corrected chi connectivity index (χ1v) is 31.6. The predicted octanol–water partition coefficient (Wildman–Crippen LogP) is -7.72. The molecule has 3 amide bonds. The van der Waals surface area contributed by atoms with Gasteiger partial charge >= 0.3 is 29.8 Å². The molecule has 6 aliphatic rings. The summed E-state index contributed by atoms with van der Waals surface area (Å²) >= 11 is 5.02. The van der Waals surface area contributed by atoms with Gasteiger partial charge in [0.15, 0.2) is 37.2 Å². The van der Waals surface area contributed by atoms with Crippen molar-refractivity contribution >= 4 is 72.0 Å². The van der Waals surface area contributed by atoms with Gasteiger partial charge in [0.1, 0.15) is 105 Å². The third kappa shape index (κ3) is 21.6. The van der Waals surface area contributed by atoms with Crippen LogP contribution >= 0.6 is 24.4 Å². The second-order valence-electron chi connectivity index (χ2n) is 22.7. The summed E-state index contributed by atoms with van der Waals surface area (Å²) in [5.74, 6) is -9.35. The molecule has 42 heteroatoms. The number of nitrogens with one attached hydrogen (secondary N) is 3. The van der Waals surface area contributed by atoms with Crippen LogP contribution in [0, 0.1) is 0 Å². The van der Waals surface area contributed by atoms with Crippen molar-refractivity contribution in [2.45, 2.75) is 231 Å². The van der Waals surface area contributed by atoms with Crippen molar-refractivity contribution in [3.63, 3.8) is 0 Å². The Morgan fingerprint density at radius 3 is 1.33 bits per heavy atom. The van der Waals surface area contributed by atoms with Gasteiger partial charge in [0.05, 0.1) is 56.6 Å². The fourth-order valence-corrected chi connectivity index (χ4v) is 11.9. The highest BCUT2D eigenvalue weighted by Gasteiger charge is 2.57. The number of hydrogen-bond acceptors (Lipinski definition) is 36. The third-order valence-electron chi connectivity index (χ3n) is 15.6. The lowest BCUT2D eigenvalue weighted by Crippen LogP contribution is -2.65. The Kier molecular flexibility index (Phi) is 31.4. The number of ether oxygens (including phenoxy) is 11. The fourth-order valence-electron chi connectivity index (χ4n) is 10.7. The van der Waals surface area contributed by atoms with Crippen LogP contribution in [0.5, 0.6) is 0 Å². The molecule has 6 aliphatic heterocycles. The molecule has 6 heterocycles. The summed E-state index contributed by atoms with van der Waals surface area (Å²) in [5.41, 5.74) is 0. The molecule has 0 bridgehead atoms. The van der Waals surface area contributed by atoms with Crippen molar-refractivity contribution in [1.29, 1.82) is 0 Å². The molecule has 16 unspecified atom stereocenters. The maximum Gasteiger partial charge on any atom is 0.335 e. The molecule has 0 aromatic carbocycles. The Balaban J connectivity index is 1.18. The van der Waals surface area contributed by atoms with Gasteiger partial charge in [-0.25, -0.2) is 48.5 Å². The standard InChI is InChI=1S/C54H83N3O37S2/c1-7-33(64)79-14-31-28(91-93-53-39(70)37(68)42(45(88-53)48(74)75)86-50-22(55-19(3)59)10-27(90-78-6)30(13-58)82-50)11-24(57-21(5)61)52(83-31)87-43-38(69)40(71)54(89-46(43)49(76)77)94-92-29-12-23(56-20(4)60)51(85-41-36(67)35(66)18(2)81-44(41)47(72)73)84-32(29)15-80-34(65)8-9-96-17-26(63)25(62)16-95/h7,18,22-32,35-46,50-54,58,62-63,66-71,95H,1,8-17H2,2-6H3,(H,55,59)(H,56,60)(H,57,61)(H,72,73)(H,74,75)(H,76,77)/t18?,22-,23-,24?,25?,26+,27-,28-,29-,30-,31-,32?,35?,36?,37?,38?,39?,40?,41+,42+,43+,44?,45?,46?,50?,51-,52-,53?,54?/m0/s1. The number of carboxylic acids is 3. The summed E-state index contributed by atoms with van der Waals surface area (Å²) < 4.78 is 62.8. The van der Waals surface area contributed by atoms with Crippen LogP contribution in [-0.2, 0) is 120 Å². The van der Waals surface area contributed by atoms with Crippen molar-refractivity contribution in [1.82, 2.24) is 16.0 Å². The monoisotopic (exact) mass is 1430 g/mol. The van der Waals surface area contributed by atoms with Crippen molar-refractivity contribution in [2.75, 3.05) is 44.2 Å². The minimum absolute atomic E-state index is 0.0111. The SMILES string of the molecule is C=CC(=O)OC[C@@H]1O[C@@H](O[C@H]2C(C(=O)O)OC(OO[C@H]3C[C@H](NC(C)=O)[C@H](O[C@H]4C(C(=O)O)OC(C)C(O)C4O)OC3COC(=O)CCSC[C@@H](O)C(O)CS)C(O)C2O)C(NC(C)=O)C[C@@H]1OOC1OC(C(=O)O)[C@H](OC2O[C@@H](CO)[C@@H](OOC)C[C@@H]2NC(C)=O)C(O)C1O. The van der Waals surface area contributed by atoms with E-state index in [9.17, 15) is 99.6 Å². The molecule has 0 radical (unpaired) electrons. The van der Waals surface area contributed by atoms with Crippen LogP contribution in [0.15, 0.2) is 12.7 Å². The topological polar surface area (TPSA) is 572 Å². The van der Waals surface area contributed by atoms with Crippen LogP contribution in [-0.4, -0.2) is 331 Å². The van der Waals surface area contributed by atoms with Crippen LogP contribution in [0.4, 0.5) is 0 Å². The first-order chi connectivity index (χ1) is 45.4. The van der Waals surface area contributed by atoms with Crippen LogP contribution in [0.25, 0.3) is 0 Å². The maximum absolute atomic E-state index is 13.1. The molecule has 548 valence electrons. The lowest BCUT2D eigenvalue weighted by molar-refractivity contribution is -0.461. The van der Waals surface area contributed by atoms with Gasteiger partial charge in [0.2, 0.25) is 30.3 Å². The number of aliphatic hydroxyl groups is 9. The number of carboxylic acid groups (broad SMARTS) is 3. The number of thioether (sulfide) groups is 1. The summed E-state index contributed by atoms with van der Waals surface area (Å²) in [7, 11) is 1.17. The fraction of sp³-hybridized carbons (Fsp3) is 0.815. The Bertz CT molecular complexity index is 2590. The molecule has 6 saturated heterocycles. The minimum Gasteiger partial charge on any atom is -0.479 e. The normalized spacial score (nSPS) is 38.6. The number of amides is 3. The zero-order valence-corrected chi connectivity index (χ0v) is 53.7. The maximum atomic E-state index is 13.1. The molecule has 0 aliphatic carbocycles. The lowest BCUT2D eigenvalue weighted by Gasteiger charge is -2.46. The number of esters is 2. The smallest absolute Gasteiger partial charge is 0.335 e. The average molecular weight is 1430 g/mol. The molecule has 0 aromatic rings. The van der Waals surface area contributed by atoms with Gasteiger partial charge in [-0.05, 0) is 6.92 Å². The van der Waals surface area contributed by atoms with Crippen molar-refractivity contribution in [3.05, 3.63) is 12.7 Å². The Morgan fingerprint density at radius 2 is 0.948 bits per heavy atom. The highest BCUT2D eigenvalue weighted by molar-refractivity contribution is 7.99. The summed E-state index contributed by atoms with van der Waals surface area (Å²) in [5, 5.41) is 136. The molecule has 96 heavy (non-hydrogen) atoms. The van der Waals surface area contributed by atoms with Gasteiger partial charge in [0.25, 0.3) is 0 Å². The Labute approximate surface area is 555 Å². The van der Waals surface area contributed by atoms with Crippen molar-refractivity contribution < 1.29 is 181 Å². The van der Waals surface area contributed by atoms with E-state index in [0.717, 1.165) is 38.6 Å². The second kappa shape index (κ2) is 37.6. The molecule has 29 atom stereocenters. The lowest BCUT2D eigenvalue weighted by atomic mass is 9.94. The van der Waals surface area contributed by atoms with Gasteiger partial charge in [-0.3, -0.25) is 19.2 Å². The molecule has 15 N–H and O–H groups in total. The van der Waals surface area contributed by atoms with Crippen LogP contribution < -0.4 is 16.0 Å². The van der Waals surface area contributed by atoms with Crippen molar-refractivity contribution in [2.24, 2.45) is 0 Å². The zero-order chi connectivity index (χ0) is 71.0. The molecule has 6 rings (SSSR count). The summed E-state index contributed by atoms with van der Waals surface area (Å²) in [6, 6.07) is -4.02. The molecule has 40 nitrogen and oxygen atoms in total. The highest BCUT2D eigenvalue weighted by Crippen LogP contribution is 2.36. The largest absolute Gasteiger partial charge is 0.479 e. The number of carbonyl (C=O) groups excluding carboxylic acids is 5. The van der Waals surface area contributed by atoms with E-state index in [4.69, 9.17) is 81.4 Å². The van der Waals surface area contributed by atoms with E-state index in [-0.39, 0.29) is 30.1 Å². The molecular formula is C54H83N3O37S2. The molecular weight excluding hydrogens is 1350 g/mol. The summed E-state index contributed by atoms with van der Waals surface area (Å²) in [6.45, 7) is 5.58. The molecule has 0 aromatic heterocycles. The summed E-state index contributed by atoms with van der Waals surface area (Å²) in [4.78, 5) is 133. The molecule has 0 saturated carbocycles. The van der Waals surface area contributed by atoms with E-state index in [1.54, 1.807) is 0 Å². The number of hydrogen-bond donors (Lipinski definition) is 16. The van der Waals surface area contributed by atoms with Gasteiger partial charge < -0.3 is 129 Å². The number of thiol groups is 1. The Hall–Kier alpha value is -4.76. The quantitative estimate of drug-likeness (QED) is 0.00725. The molecule has 6 fully saturated rings. The number of carbonyl (C=O) groups is 8. The zero-order valence-electron chi connectivity index (χ0n) is 52.0. The second-order valence-corrected chi connectivity index (χ2v) is 24.2. The Morgan fingerprint density at radius 1 is 0.552 bits per heavy atom. The van der Waals surface area contributed by atoms with Crippen LogP contribution in [0.1, 0.15) is 53.4 Å². The highest BCUT2D eigenvalue weighted by atomic mass is 32.2. The number of aliphatic carboxylic acids is 3. The van der Waals surface area contributed by atoms with Crippen molar-refractivity contribution in [3.8, 4) is 0 Å². The van der Waals surface area contributed by atoms with Gasteiger partial charge in [-0.1, -0.05) is 6.58 Å². The van der Waals surface area contributed by atoms with Gasteiger partial charge in [0, 0.05) is 63.4 Å². The number of aliphatic hydroxyl groups excluding tert-OH is 9. The van der Waals surface area contributed by atoms with E-state index in [2.05, 4.69) is 35.2 Å². The van der Waals surface area contributed by atoms with Gasteiger partial charge in [-0.15, -0.1) is 0 Å². The van der Waals surface area contributed by atoms with E-state index in [0.29, 0.717) is 0 Å². The number of rotatable bonds is 33. The predicted molar refractivity (Wildman–Crippen MR) is 309 cm³/mol. The first kappa shape index (κ1) is 80.2. The summed E-state index contributed by atoms with van der Waals surface area (Å²) in [6.07, 6.45) is -48.0. The average Bonchev–Trinajstić information content (AvgIpc) is 0.798. The van der Waals surface area contributed by atoms with Crippen LogP contribution in [0.2, 0.25) is 0 Å². The van der Waals surface area contributed by atoms with Crippen LogP contribution in [0.3, 0.4) is 0 Å². The first-order valence-electron chi connectivity index (χ1n) is 29.8. The van der Waals surface area contributed by atoms with E-state index in [1.807, 2.05) is 0 Å². The van der Waals surface area contributed by atoms with Gasteiger partial charge in [-0.2, -0.15) is 24.4 Å². The van der Waals surface area contributed by atoms with E-state index < -0.39 is 258 Å². The third-order valence-corrected chi connectivity index (χ3v) is 17.0. The van der Waals surface area contributed by atoms with E-state index >= 15 is 0 Å². The van der Waals surface area contributed by atoms with E-state index in [1.165, 1.54) is 14.0 Å².